The van der Waals surface area contributed by atoms with Crippen LogP contribution in [0.2, 0.25) is 0 Å². The maximum Gasteiger partial charge on any atom is 0.186 e. The summed E-state index contributed by atoms with van der Waals surface area (Å²) in [6, 6.07) is 0. The van der Waals surface area contributed by atoms with E-state index in [2.05, 4.69) is 19.9 Å². The molecule has 5 rings (SSSR count). The highest BCUT2D eigenvalue weighted by Gasteiger charge is 2.62. The van der Waals surface area contributed by atoms with E-state index in [0.29, 0.717) is 31.1 Å². The van der Waals surface area contributed by atoms with Crippen molar-refractivity contribution in [2.24, 2.45) is 46.3 Å². The molecule has 5 N–H and O–H groups in total. The monoisotopic (exact) mass is 592 g/mol. The first-order valence-corrected chi connectivity index (χ1v) is 16.2. The molecule has 0 aromatic rings. The molecule has 0 amide bonds. The lowest BCUT2D eigenvalue weighted by atomic mass is 9.47. The average Bonchev–Trinajstić information content (AvgIpc) is 3.24. The van der Waals surface area contributed by atoms with E-state index in [9.17, 15) is 35.1 Å². The summed E-state index contributed by atoms with van der Waals surface area (Å²) < 4.78 is 11.1. The number of ether oxygens (including phenoxy) is 2. The second-order valence-electron chi connectivity index (χ2n) is 14.8. The second kappa shape index (κ2) is 12.3. The van der Waals surface area contributed by atoms with Crippen molar-refractivity contribution in [3.05, 3.63) is 11.6 Å². The van der Waals surface area contributed by atoms with Crippen LogP contribution in [0.5, 0.6) is 0 Å². The number of carbonyl (C=O) groups excluding carboxylic acids is 2. The Balaban J connectivity index is 1.17. The van der Waals surface area contributed by atoms with Gasteiger partial charge in [-0.1, -0.05) is 39.3 Å². The molecular formula is C33H52O9. The lowest BCUT2D eigenvalue weighted by molar-refractivity contribution is -0.303. The normalized spacial score (nSPS) is 46.7. The van der Waals surface area contributed by atoms with Gasteiger partial charge in [0.1, 0.15) is 36.0 Å². The van der Waals surface area contributed by atoms with Crippen LogP contribution in [0, 0.1) is 46.3 Å². The molecule has 14 atom stereocenters. The van der Waals surface area contributed by atoms with Gasteiger partial charge in [-0.15, -0.1) is 0 Å². The standard InChI is InChI=1S/C33H52O9/c1-17(16-41-31-30(40)29(39)28(38)26(15-34)42-31)5-8-24(36)18(2)27-25(37)14-23-21-7-6-19-13-20(35)9-11-32(19,3)22(21)10-12-33(23,27)4/h6,17-18,20-23,26-31,34-35,38-40H,5,7-16H2,1-4H3/t17-,18-,20+,21-,22+,23+,26-,27+,28-,29+,30-,31-,32+,33+/m1/s1. The van der Waals surface area contributed by atoms with E-state index in [4.69, 9.17) is 9.47 Å². The number of allylic oxidation sites excluding steroid dienone is 1. The molecule has 4 fully saturated rings. The zero-order valence-corrected chi connectivity index (χ0v) is 25.7. The Kier molecular flexibility index (Phi) is 9.43. The minimum absolute atomic E-state index is 0.0513. The van der Waals surface area contributed by atoms with E-state index in [-0.39, 0.29) is 58.8 Å². The number of aliphatic hydroxyl groups excluding tert-OH is 5. The van der Waals surface area contributed by atoms with E-state index in [1.165, 1.54) is 5.57 Å². The van der Waals surface area contributed by atoms with Crippen molar-refractivity contribution in [1.29, 1.82) is 0 Å². The van der Waals surface area contributed by atoms with Crippen LogP contribution in [-0.2, 0) is 19.1 Å². The molecular weight excluding hydrogens is 540 g/mol. The summed E-state index contributed by atoms with van der Waals surface area (Å²) >= 11 is 0. The number of aliphatic hydroxyl groups is 5. The first kappa shape index (κ1) is 32.2. The van der Waals surface area contributed by atoms with E-state index in [0.717, 1.165) is 38.5 Å². The Morgan fingerprint density at radius 2 is 1.79 bits per heavy atom. The summed E-state index contributed by atoms with van der Waals surface area (Å²) in [5, 5.41) is 49.8. The Labute approximate surface area is 249 Å². The number of ketones is 2. The predicted octanol–water partition coefficient (Wildman–Crippen LogP) is 2.54. The van der Waals surface area contributed by atoms with Crippen LogP contribution >= 0.6 is 0 Å². The van der Waals surface area contributed by atoms with Crippen molar-refractivity contribution in [3.8, 4) is 0 Å². The maximum atomic E-state index is 13.6. The molecule has 1 heterocycles. The molecule has 0 radical (unpaired) electrons. The molecule has 0 aromatic carbocycles. The summed E-state index contributed by atoms with van der Waals surface area (Å²) in [4.78, 5) is 27.1. The molecule has 5 aliphatic rings. The molecule has 0 spiro atoms. The van der Waals surface area contributed by atoms with Gasteiger partial charge >= 0.3 is 0 Å². The van der Waals surface area contributed by atoms with E-state index < -0.39 is 37.3 Å². The SMILES string of the molecule is C[C@H](CCC(=O)[C@@H](C)[C@H]1C(=O)C[C@H]2[C@@H]3CC=C4C[C@@H](O)CC[C@]4(C)[C@H]3CC[C@]12C)CO[C@@H]1O[C@H](CO)[C@@H](O)[C@H](O)[C@H]1O. The number of hydrogen-bond donors (Lipinski definition) is 5. The zero-order chi connectivity index (χ0) is 30.6. The van der Waals surface area contributed by atoms with Crippen molar-refractivity contribution in [1.82, 2.24) is 0 Å². The highest BCUT2D eigenvalue weighted by atomic mass is 16.7. The topological polar surface area (TPSA) is 154 Å². The number of rotatable bonds is 9. The first-order chi connectivity index (χ1) is 19.8. The highest BCUT2D eigenvalue weighted by Crippen LogP contribution is 2.66. The van der Waals surface area contributed by atoms with Gasteiger partial charge in [0, 0.05) is 24.7 Å². The fourth-order valence-electron chi connectivity index (χ4n) is 9.67. The fourth-order valence-corrected chi connectivity index (χ4v) is 9.67. The molecule has 4 aliphatic carbocycles. The van der Waals surface area contributed by atoms with E-state index in [1.54, 1.807) is 0 Å². The number of carbonyl (C=O) groups is 2. The Morgan fingerprint density at radius 3 is 2.50 bits per heavy atom. The third kappa shape index (κ3) is 5.57. The van der Waals surface area contributed by atoms with Gasteiger partial charge in [-0.2, -0.15) is 0 Å². The summed E-state index contributed by atoms with van der Waals surface area (Å²) in [6.45, 7) is 8.15. The summed E-state index contributed by atoms with van der Waals surface area (Å²) in [7, 11) is 0. The van der Waals surface area contributed by atoms with Crippen LogP contribution < -0.4 is 0 Å². The van der Waals surface area contributed by atoms with Crippen molar-refractivity contribution in [2.45, 2.75) is 122 Å². The Hall–Kier alpha value is -1.20. The van der Waals surface area contributed by atoms with Crippen LogP contribution in [-0.4, -0.2) is 87.1 Å². The molecule has 42 heavy (non-hydrogen) atoms. The third-order valence-electron chi connectivity index (χ3n) is 12.3. The van der Waals surface area contributed by atoms with Gasteiger partial charge in [-0.3, -0.25) is 9.59 Å². The highest BCUT2D eigenvalue weighted by molar-refractivity contribution is 5.92. The number of Topliss-reactive ketones (excluding diaryl/α,β-unsaturated/α-hetero) is 2. The first-order valence-electron chi connectivity index (χ1n) is 16.2. The molecule has 238 valence electrons. The minimum Gasteiger partial charge on any atom is -0.394 e. The second-order valence-corrected chi connectivity index (χ2v) is 14.8. The van der Waals surface area contributed by atoms with Gasteiger partial charge < -0.3 is 35.0 Å². The minimum atomic E-state index is -1.49. The molecule has 0 aromatic heterocycles. The lowest BCUT2D eigenvalue weighted by Crippen LogP contribution is -2.59. The van der Waals surface area contributed by atoms with Gasteiger partial charge in [-0.05, 0) is 79.4 Å². The van der Waals surface area contributed by atoms with Gasteiger partial charge in [0.2, 0.25) is 0 Å². The smallest absolute Gasteiger partial charge is 0.186 e. The molecule has 3 saturated carbocycles. The summed E-state index contributed by atoms with van der Waals surface area (Å²) in [6.07, 6.45) is 2.60. The van der Waals surface area contributed by atoms with Crippen LogP contribution in [0.3, 0.4) is 0 Å². The predicted molar refractivity (Wildman–Crippen MR) is 154 cm³/mol. The number of hydrogen-bond acceptors (Lipinski definition) is 9. The third-order valence-corrected chi connectivity index (χ3v) is 12.3. The largest absolute Gasteiger partial charge is 0.394 e. The molecule has 1 saturated heterocycles. The zero-order valence-electron chi connectivity index (χ0n) is 25.7. The van der Waals surface area contributed by atoms with E-state index >= 15 is 0 Å². The number of fused-ring (bicyclic) bond motifs is 5. The van der Waals surface area contributed by atoms with Crippen LogP contribution in [0.15, 0.2) is 11.6 Å². The molecule has 9 heteroatoms. The van der Waals surface area contributed by atoms with Gasteiger partial charge in [0.05, 0.1) is 19.3 Å². The molecule has 9 nitrogen and oxygen atoms in total. The summed E-state index contributed by atoms with van der Waals surface area (Å²) in [5.41, 5.74) is 1.35. The van der Waals surface area contributed by atoms with Gasteiger partial charge in [0.15, 0.2) is 6.29 Å². The van der Waals surface area contributed by atoms with Gasteiger partial charge in [-0.25, -0.2) is 0 Å². The lowest BCUT2D eigenvalue weighted by Gasteiger charge is -2.58. The molecule has 0 bridgehead atoms. The fraction of sp³-hybridized carbons (Fsp3) is 0.879. The van der Waals surface area contributed by atoms with Crippen LogP contribution in [0.4, 0.5) is 0 Å². The van der Waals surface area contributed by atoms with Crippen LogP contribution in [0.1, 0.15) is 85.5 Å². The summed E-state index contributed by atoms with van der Waals surface area (Å²) in [5.74, 6) is 0.938. The van der Waals surface area contributed by atoms with Crippen molar-refractivity contribution >= 4 is 11.6 Å². The maximum absolute atomic E-state index is 13.6. The van der Waals surface area contributed by atoms with E-state index in [1.807, 2.05) is 13.8 Å². The van der Waals surface area contributed by atoms with Crippen molar-refractivity contribution in [3.63, 3.8) is 0 Å². The Morgan fingerprint density at radius 1 is 1.05 bits per heavy atom. The molecule has 0 unspecified atom stereocenters. The van der Waals surface area contributed by atoms with Gasteiger partial charge in [0.25, 0.3) is 0 Å². The molecule has 1 aliphatic heterocycles. The van der Waals surface area contributed by atoms with Crippen molar-refractivity contribution < 1.29 is 44.6 Å². The Bertz CT molecular complexity index is 1040. The van der Waals surface area contributed by atoms with Crippen LogP contribution in [0.25, 0.3) is 0 Å². The average molecular weight is 593 g/mol. The quantitative estimate of drug-likeness (QED) is 0.254. The van der Waals surface area contributed by atoms with Crippen molar-refractivity contribution in [2.75, 3.05) is 13.2 Å².